The molecular formula is C55H69N7O10. The smallest absolute Gasteiger partial charge is 0.407 e. The maximum absolute atomic E-state index is 14.8. The Morgan fingerprint density at radius 2 is 1.44 bits per heavy atom. The zero-order chi connectivity index (χ0) is 50.5. The van der Waals surface area contributed by atoms with Gasteiger partial charge in [-0.3, -0.25) is 14.6 Å². The quantitative estimate of drug-likeness (QED) is 0.131. The molecule has 4 amide bonds. The van der Waals surface area contributed by atoms with Gasteiger partial charge in [-0.05, 0) is 149 Å². The highest BCUT2D eigenvalue weighted by molar-refractivity contribution is 6.06. The zero-order valence-electron chi connectivity index (χ0n) is 42.7. The molecule has 10 rings (SSSR count). The molecule has 1 aromatic heterocycles. The van der Waals surface area contributed by atoms with E-state index in [9.17, 15) is 19.2 Å². The van der Waals surface area contributed by atoms with Crippen LogP contribution >= 0.6 is 0 Å². The van der Waals surface area contributed by atoms with Crippen molar-refractivity contribution in [3.8, 4) is 28.1 Å². The van der Waals surface area contributed by atoms with Crippen molar-refractivity contribution in [2.24, 2.45) is 22.7 Å². The summed E-state index contributed by atoms with van der Waals surface area (Å²) < 4.78 is 34.2. The lowest BCUT2D eigenvalue weighted by Gasteiger charge is -2.39. The van der Waals surface area contributed by atoms with E-state index in [1.807, 2.05) is 43.7 Å². The Morgan fingerprint density at radius 3 is 2.10 bits per heavy atom. The minimum atomic E-state index is -0.767. The van der Waals surface area contributed by atoms with Crippen LogP contribution in [-0.4, -0.2) is 133 Å². The molecule has 6 aliphatic rings. The Kier molecular flexibility index (Phi) is 14.1. The number of aromatic nitrogens is 2. The first-order valence-corrected chi connectivity index (χ1v) is 25.8. The van der Waals surface area contributed by atoms with Crippen molar-refractivity contribution >= 4 is 46.2 Å². The first-order valence-electron chi connectivity index (χ1n) is 25.8. The van der Waals surface area contributed by atoms with E-state index in [-0.39, 0.29) is 72.1 Å². The molecule has 4 fully saturated rings. The lowest BCUT2D eigenvalue weighted by atomic mass is 9.85. The number of aromatic amines is 1. The number of alkyl carbamates (subject to hydrolysis) is 2. The van der Waals surface area contributed by atoms with Gasteiger partial charge in [-0.2, -0.15) is 0 Å². The highest BCUT2D eigenvalue weighted by Gasteiger charge is 2.47. The van der Waals surface area contributed by atoms with Crippen LogP contribution in [0.25, 0.3) is 33.2 Å². The minimum absolute atomic E-state index is 0.0341. The topological polar surface area (TPSA) is 195 Å². The minimum Gasteiger partial charge on any atom is -0.488 e. The highest BCUT2D eigenvalue weighted by atomic mass is 16.5. The monoisotopic (exact) mass is 988 g/mol. The number of H-pyrrole nitrogens is 1. The number of fused-ring (bicyclic) bond motifs is 6. The molecule has 4 saturated heterocycles. The van der Waals surface area contributed by atoms with Crippen LogP contribution < -0.4 is 15.4 Å². The maximum atomic E-state index is 14.8. The lowest BCUT2D eigenvalue weighted by molar-refractivity contribution is -0.140. The van der Waals surface area contributed by atoms with E-state index in [0.717, 1.165) is 74.3 Å². The molecule has 6 aliphatic heterocycles. The number of rotatable bonds is 11. The fraction of sp³-hybridized carbons (Fsp3) is 0.564. The molecule has 0 unspecified atom stereocenters. The Balaban J connectivity index is 0.873. The maximum Gasteiger partial charge on any atom is 0.407 e. The number of benzene rings is 3. The first-order chi connectivity index (χ1) is 34.7. The second-order valence-corrected chi connectivity index (χ2v) is 21.2. The van der Waals surface area contributed by atoms with Crippen LogP contribution in [0.2, 0.25) is 0 Å². The molecule has 17 nitrogen and oxygen atoms in total. The molecule has 10 atom stereocenters. The first kappa shape index (κ1) is 49.5. The summed E-state index contributed by atoms with van der Waals surface area (Å²) in [5.41, 5.74) is 7.85. The molecule has 0 radical (unpaired) electrons. The number of nitrogens with one attached hydrogen (secondary N) is 3. The van der Waals surface area contributed by atoms with Gasteiger partial charge in [-0.15, -0.1) is 0 Å². The number of hydrogen-bond donors (Lipinski definition) is 3. The largest absolute Gasteiger partial charge is 0.488 e. The molecule has 0 aliphatic carbocycles. The molecule has 17 heteroatoms. The molecule has 0 bridgehead atoms. The van der Waals surface area contributed by atoms with Crippen LogP contribution in [0, 0.1) is 17.8 Å². The summed E-state index contributed by atoms with van der Waals surface area (Å²) in [7, 11) is 4.32. The van der Waals surface area contributed by atoms with E-state index in [0.29, 0.717) is 64.1 Å². The summed E-state index contributed by atoms with van der Waals surface area (Å²) in [6.07, 6.45) is 5.86. The summed E-state index contributed by atoms with van der Waals surface area (Å²) in [4.78, 5) is 72.1. The van der Waals surface area contributed by atoms with Crippen LogP contribution in [0.15, 0.2) is 53.7 Å². The standard InChI is InChI=1S/C55H69N7O10/c1-28-9-14-46(62(28)53(64)50(60-55(66)69-8)37-17-31(4)72-32(5)18-37)51-56-24-45(58-51)35-10-12-39-38(20-35)27-70-48-23-40-34(21-42(39)48)11-13-43-41(40)22-44(57-43)47-19-33(26-67-6)25-61(47)52(63)49(59-54(65)68-7)36-15-29(2)71-30(3)16-36/h10-13,20-21,23-24,28-33,36-37,46-47,49-50H,9,14-19,22,25-27H2,1-8H3,(H,56,58)(H,59,65)(H,60,66)/t28-,29+,30+,31+,32+,33-,46-,47-,49-,50-/m0/s1. The number of amides is 4. The fourth-order valence-electron chi connectivity index (χ4n) is 12.9. The summed E-state index contributed by atoms with van der Waals surface area (Å²) in [6, 6.07) is 12.8. The number of aliphatic imine (C=N–C) groups is 1. The van der Waals surface area contributed by atoms with Crippen LogP contribution in [-0.2, 0) is 46.3 Å². The van der Waals surface area contributed by atoms with Crippen molar-refractivity contribution in [1.29, 1.82) is 0 Å². The van der Waals surface area contributed by atoms with Crippen molar-refractivity contribution < 1.29 is 47.6 Å². The van der Waals surface area contributed by atoms with E-state index in [2.05, 4.69) is 65.0 Å². The van der Waals surface area contributed by atoms with Crippen molar-refractivity contribution in [1.82, 2.24) is 30.4 Å². The van der Waals surface area contributed by atoms with Gasteiger partial charge in [0.1, 0.15) is 30.3 Å². The Labute approximate surface area is 421 Å². The summed E-state index contributed by atoms with van der Waals surface area (Å²) in [5, 5.41) is 7.93. The molecule has 4 aromatic rings. The number of nitrogens with zero attached hydrogens (tertiary/aromatic N) is 4. The number of carbonyl (C=O) groups is 4. The number of ether oxygens (including phenoxy) is 6. The predicted octanol–water partition coefficient (Wildman–Crippen LogP) is 8.19. The van der Waals surface area contributed by atoms with E-state index in [4.69, 9.17) is 38.4 Å². The number of likely N-dealkylation sites (tertiary alicyclic amines) is 2. The molecular weight excluding hydrogens is 919 g/mol. The third-order valence-electron chi connectivity index (χ3n) is 16.1. The zero-order valence-corrected chi connectivity index (χ0v) is 42.7. The number of methoxy groups -OCH3 is 3. The molecule has 7 heterocycles. The second kappa shape index (κ2) is 20.5. The predicted molar refractivity (Wildman–Crippen MR) is 270 cm³/mol. The molecule has 72 heavy (non-hydrogen) atoms. The summed E-state index contributed by atoms with van der Waals surface area (Å²) in [6.45, 7) is 11.5. The third kappa shape index (κ3) is 9.67. The van der Waals surface area contributed by atoms with E-state index in [1.165, 1.54) is 14.2 Å². The average molecular weight is 988 g/mol. The van der Waals surface area contributed by atoms with Gasteiger partial charge in [0.25, 0.3) is 0 Å². The molecule has 0 spiro atoms. The fourth-order valence-corrected chi connectivity index (χ4v) is 12.9. The Morgan fingerprint density at radius 1 is 0.778 bits per heavy atom. The van der Waals surface area contributed by atoms with Gasteiger partial charge in [-0.25, -0.2) is 14.6 Å². The SMILES string of the molecule is COC[C@H]1C[C@@H](C2=Nc3ccc4cc5c(cc4c3C2)OCc2cc(-c3cnc([C@@H]4CC[C@H](C)N4C(=O)[C@@H](NC(=O)OC)C4C[C@@H](C)O[C@H](C)C4)[nH]3)ccc2-5)N(C(=O)[C@@H](NC(=O)OC)C2C[C@@H](C)O[C@H](C)C2)C1. The van der Waals surface area contributed by atoms with Crippen molar-refractivity contribution in [2.45, 2.75) is 147 Å². The molecule has 3 aromatic carbocycles. The number of carbonyl (C=O) groups excluding carboxylic acids is 4. The molecule has 0 saturated carbocycles. The summed E-state index contributed by atoms with van der Waals surface area (Å²) >= 11 is 0. The van der Waals surface area contributed by atoms with Crippen molar-refractivity contribution in [3.05, 3.63) is 65.6 Å². The van der Waals surface area contributed by atoms with Gasteiger partial charge in [0, 0.05) is 43.3 Å². The van der Waals surface area contributed by atoms with Crippen molar-refractivity contribution in [3.63, 3.8) is 0 Å². The van der Waals surface area contributed by atoms with Gasteiger partial charge in [-0.1, -0.05) is 18.2 Å². The molecule has 3 N–H and O–H groups in total. The normalized spacial score (nSPS) is 28.5. The summed E-state index contributed by atoms with van der Waals surface area (Å²) in [5.74, 6) is 1.14. The van der Waals surface area contributed by atoms with Gasteiger partial charge in [0.15, 0.2) is 0 Å². The van der Waals surface area contributed by atoms with Crippen LogP contribution in [0.4, 0.5) is 15.3 Å². The van der Waals surface area contributed by atoms with E-state index in [1.54, 1.807) is 7.11 Å². The third-order valence-corrected chi connectivity index (χ3v) is 16.1. The number of hydrogen-bond acceptors (Lipinski definition) is 12. The van der Waals surface area contributed by atoms with Crippen LogP contribution in [0.3, 0.4) is 0 Å². The highest BCUT2D eigenvalue weighted by Crippen LogP contribution is 2.46. The molecule has 384 valence electrons. The van der Waals surface area contributed by atoms with Crippen LogP contribution in [0.5, 0.6) is 5.75 Å². The Hall–Kier alpha value is -6.04. The second-order valence-electron chi connectivity index (χ2n) is 21.2. The van der Waals surface area contributed by atoms with E-state index >= 15 is 0 Å². The van der Waals surface area contributed by atoms with Gasteiger partial charge >= 0.3 is 12.2 Å². The average Bonchev–Trinajstić information content (AvgIpc) is 4.19. The van der Waals surface area contributed by atoms with Gasteiger partial charge in [0.05, 0.1) is 74.9 Å². The van der Waals surface area contributed by atoms with Gasteiger partial charge in [0.2, 0.25) is 11.8 Å². The van der Waals surface area contributed by atoms with Crippen molar-refractivity contribution in [2.75, 3.05) is 34.5 Å². The van der Waals surface area contributed by atoms with Crippen LogP contribution in [0.1, 0.15) is 103 Å². The van der Waals surface area contributed by atoms with E-state index < -0.39 is 24.3 Å². The van der Waals surface area contributed by atoms with Gasteiger partial charge < -0.3 is 53.8 Å². The Bertz CT molecular complexity index is 2740. The number of imidazole rings is 1. The lowest BCUT2D eigenvalue weighted by Crippen LogP contribution is -2.56.